The zero-order valence-electron chi connectivity index (χ0n) is 18.8. The molecule has 5 rings (SSSR count). The van der Waals surface area contributed by atoms with Gasteiger partial charge in [-0.3, -0.25) is 4.90 Å². The topological polar surface area (TPSA) is 80.5 Å². The first-order valence-corrected chi connectivity index (χ1v) is 10.8. The number of hydrogen-bond acceptors (Lipinski definition) is 5. The van der Waals surface area contributed by atoms with Crippen LogP contribution in [0.25, 0.3) is 17.0 Å². The number of nitrogens with zero attached hydrogens (tertiary/aromatic N) is 3. The summed E-state index contributed by atoms with van der Waals surface area (Å²) in [6.07, 6.45) is 0. The number of halogens is 2. The molecule has 1 aliphatic heterocycles. The number of anilines is 1. The third-order valence-electron chi connectivity index (χ3n) is 5.74. The molecule has 4 aromatic rings. The first kappa shape index (κ1) is 22.3. The van der Waals surface area contributed by atoms with Crippen LogP contribution in [0.3, 0.4) is 0 Å². The highest BCUT2D eigenvalue weighted by atomic mass is 19.1. The van der Waals surface area contributed by atoms with Crippen LogP contribution in [0.1, 0.15) is 24.4 Å². The van der Waals surface area contributed by atoms with Crippen LogP contribution in [-0.2, 0) is 0 Å². The lowest BCUT2D eigenvalue weighted by atomic mass is 9.94. The van der Waals surface area contributed by atoms with Crippen molar-refractivity contribution in [3.05, 3.63) is 102 Å². The van der Waals surface area contributed by atoms with Crippen molar-refractivity contribution in [1.82, 2.24) is 15.5 Å². The van der Waals surface area contributed by atoms with E-state index in [1.54, 1.807) is 62.6 Å². The highest BCUT2D eigenvalue weighted by molar-refractivity contribution is 6.01. The summed E-state index contributed by atoms with van der Waals surface area (Å²) >= 11 is 0. The molecular formula is C26H20F2N4O3. The Morgan fingerprint density at radius 3 is 2.51 bits per heavy atom. The van der Waals surface area contributed by atoms with Gasteiger partial charge in [-0.1, -0.05) is 23.4 Å². The molecule has 1 unspecified atom stereocenters. The van der Waals surface area contributed by atoms with Gasteiger partial charge in [0.1, 0.15) is 17.4 Å². The second-order valence-electron chi connectivity index (χ2n) is 7.90. The van der Waals surface area contributed by atoms with Gasteiger partial charge in [0, 0.05) is 17.3 Å². The van der Waals surface area contributed by atoms with Crippen molar-refractivity contribution in [2.45, 2.75) is 13.0 Å². The molecule has 1 aliphatic rings. The lowest BCUT2D eigenvalue weighted by Gasteiger charge is -2.35. The van der Waals surface area contributed by atoms with Gasteiger partial charge in [-0.05, 0) is 61.0 Å². The number of carbonyl (C=O) groups is 1. The molecule has 0 radical (unpaired) electrons. The highest BCUT2D eigenvalue weighted by Crippen LogP contribution is 2.39. The number of hydrogen-bond donors (Lipinski definition) is 1. The summed E-state index contributed by atoms with van der Waals surface area (Å²) in [6, 6.07) is 17.5. The van der Waals surface area contributed by atoms with Crippen LogP contribution in [-0.4, -0.2) is 23.3 Å². The first-order chi connectivity index (χ1) is 16.9. The van der Waals surface area contributed by atoms with Crippen molar-refractivity contribution in [3.8, 4) is 17.1 Å². The van der Waals surface area contributed by atoms with Crippen molar-refractivity contribution in [2.24, 2.45) is 0 Å². The third-order valence-corrected chi connectivity index (χ3v) is 5.74. The van der Waals surface area contributed by atoms with Crippen LogP contribution in [0, 0.1) is 11.6 Å². The molecule has 176 valence electrons. The molecule has 0 saturated carbocycles. The lowest BCUT2D eigenvalue weighted by molar-refractivity contribution is 0.244. The Morgan fingerprint density at radius 2 is 1.77 bits per heavy atom. The number of carbonyl (C=O) groups excluding carboxylic acids is 1. The quantitative estimate of drug-likeness (QED) is 0.400. The second-order valence-corrected chi connectivity index (χ2v) is 7.90. The highest BCUT2D eigenvalue weighted by Gasteiger charge is 2.36. The SMILES string of the molecule is COc1cccc(N2C(=O)NC(c3cccc(F)c3)C(c3nc(-c4ccc(F)cc4)no3)=C2C)c1. The van der Waals surface area contributed by atoms with Gasteiger partial charge in [-0.15, -0.1) is 0 Å². The van der Waals surface area contributed by atoms with E-state index in [4.69, 9.17) is 9.26 Å². The standard InChI is InChI=1S/C26H20F2N4O3/c1-15-22(25-30-24(31-35-25)16-9-11-18(27)12-10-16)23(17-5-3-6-19(28)13-17)29-26(33)32(15)20-7-4-8-21(14-20)34-2/h3-14,23H,1-2H3,(H,29,33). The number of rotatable bonds is 5. The molecule has 0 aliphatic carbocycles. The van der Waals surface area contributed by atoms with Crippen molar-refractivity contribution in [1.29, 1.82) is 0 Å². The van der Waals surface area contributed by atoms with Crippen LogP contribution in [0.5, 0.6) is 5.75 Å². The van der Waals surface area contributed by atoms with Crippen LogP contribution in [0.4, 0.5) is 19.3 Å². The largest absolute Gasteiger partial charge is 0.497 e. The van der Waals surface area contributed by atoms with Gasteiger partial charge in [0.2, 0.25) is 5.82 Å². The Labute approximate surface area is 199 Å². The van der Waals surface area contributed by atoms with Gasteiger partial charge >= 0.3 is 6.03 Å². The molecule has 1 aromatic heterocycles. The van der Waals surface area contributed by atoms with E-state index in [0.717, 1.165) is 0 Å². The maximum absolute atomic E-state index is 14.1. The summed E-state index contributed by atoms with van der Waals surface area (Å²) < 4.78 is 38.4. The molecule has 0 spiro atoms. The van der Waals surface area contributed by atoms with Gasteiger partial charge in [-0.25, -0.2) is 13.6 Å². The van der Waals surface area contributed by atoms with E-state index in [0.29, 0.717) is 33.8 Å². The zero-order chi connectivity index (χ0) is 24.5. The fourth-order valence-corrected chi connectivity index (χ4v) is 4.07. The monoisotopic (exact) mass is 474 g/mol. The fraction of sp³-hybridized carbons (Fsp3) is 0.115. The van der Waals surface area contributed by atoms with Crippen molar-refractivity contribution >= 4 is 17.3 Å². The Bertz CT molecular complexity index is 1430. The molecule has 7 nitrogen and oxygen atoms in total. The van der Waals surface area contributed by atoms with Crippen molar-refractivity contribution < 1.29 is 22.8 Å². The average molecular weight is 474 g/mol. The van der Waals surface area contributed by atoms with Crippen molar-refractivity contribution in [2.75, 3.05) is 12.0 Å². The van der Waals surface area contributed by atoms with E-state index in [1.165, 1.54) is 29.2 Å². The third kappa shape index (κ3) is 4.23. The summed E-state index contributed by atoms with van der Waals surface area (Å²) in [6.45, 7) is 1.75. The van der Waals surface area contributed by atoms with E-state index in [-0.39, 0.29) is 17.5 Å². The van der Waals surface area contributed by atoms with E-state index >= 15 is 0 Å². The summed E-state index contributed by atoms with van der Waals surface area (Å²) in [5, 5.41) is 6.97. The molecule has 0 bridgehead atoms. The Hall–Kier alpha value is -4.53. The van der Waals surface area contributed by atoms with Crippen LogP contribution in [0.15, 0.2) is 83.0 Å². The summed E-state index contributed by atoms with van der Waals surface area (Å²) in [7, 11) is 1.54. The zero-order valence-corrected chi connectivity index (χ0v) is 18.8. The number of amides is 2. The fourth-order valence-electron chi connectivity index (χ4n) is 4.07. The van der Waals surface area contributed by atoms with Gasteiger partial charge in [0.05, 0.1) is 24.4 Å². The molecule has 0 fully saturated rings. The summed E-state index contributed by atoms with van der Waals surface area (Å²) in [5.74, 6) is 0.146. The van der Waals surface area contributed by atoms with Crippen LogP contribution >= 0.6 is 0 Å². The van der Waals surface area contributed by atoms with E-state index in [2.05, 4.69) is 15.5 Å². The summed E-state index contributed by atoms with van der Waals surface area (Å²) in [5.41, 5.74) is 2.66. The maximum Gasteiger partial charge on any atom is 0.327 e. The smallest absolute Gasteiger partial charge is 0.327 e. The minimum Gasteiger partial charge on any atom is -0.497 e. The number of urea groups is 1. The second kappa shape index (κ2) is 9.02. The van der Waals surface area contributed by atoms with Gasteiger partial charge in [-0.2, -0.15) is 4.98 Å². The molecule has 1 N–H and O–H groups in total. The number of ether oxygens (including phenoxy) is 1. The van der Waals surface area contributed by atoms with E-state index in [1.807, 2.05) is 0 Å². The molecule has 3 aromatic carbocycles. The van der Waals surface area contributed by atoms with Crippen LogP contribution in [0.2, 0.25) is 0 Å². The average Bonchev–Trinajstić information content (AvgIpc) is 3.34. The number of benzene rings is 3. The number of aromatic nitrogens is 2. The first-order valence-electron chi connectivity index (χ1n) is 10.8. The van der Waals surface area contributed by atoms with Crippen LogP contribution < -0.4 is 15.0 Å². The predicted octanol–water partition coefficient (Wildman–Crippen LogP) is 5.73. The molecule has 1 atom stereocenters. The molecule has 0 saturated heterocycles. The maximum atomic E-state index is 14.1. The molecule has 2 amide bonds. The summed E-state index contributed by atoms with van der Waals surface area (Å²) in [4.78, 5) is 19.2. The molecule has 2 heterocycles. The van der Waals surface area contributed by atoms with Crippen molar-refractivity contribution in [3.63, 3.8) is 0 Å². The van der Waals surface area contributed by atoms with E-state index in [9.17, 15) is 13.6 Å². The molecule has 35 heavy (non-hydrogen) atoms. The number of nitrogens with one attached hydrogen (secondary N) is 1. The number of methoxy groups -OCH3 is 1. The minimum atomic E-state index is -0.749. The molecular weight excluding hydrogens is 454 g/mol. The van der Waals surface area contributed by atoms with E-state index < -0.39 is 17.9 Å². The molecule has 9 heteroatoms. The number of allylic oxidation sites excluding steroid dienone is 1. The Morgan fingerprint density at radius 1 is 1.00 bits per heavy atom. The van der Waals surface area contributed by atoms with Gasteiger partial charge in [0.25, 0.3) is 5.89 Å². The normalized spacial score (nSPS) is 15.8. The van der Waals surface area contributed by atoms with Gasteiger partial charge in [0.15, 0.2) is 0 Å². The Kier molecular flexibility index (Phi) is 5.74. The predicted molar refractivity (Wildman–Crippen MR) is 125 cm³/mol. The minimum absolute atomic E-state index is 0.143. The Balaban J connectivity index is 1.66. The lowest BCUT2D eigenvalue weighted by Crippen LogP contribution is -2.46. The van der Waals surface area contributed by atoms with Gasteiger partial charge < -0.3 is 14.6 Å².